The molecular weight excluding hydrogens is 262 g/mol. The fraction of sp³-hybridized carbons (Fsp3) is 0.462. The fourth-order valence-corrected chi connectivity index (χ4v) is 2.72. The molecule has 1 N–H and O–H groups in total. The molecule has 1 aromatic heterocycles. The van der Waals surface area contributed by atoms with Gasteiger partial charge in [0.25, 0.3) is 0 Å². The maximum absolute atomic E-state index is 10.4. The maximum atomic E-state index is 10.4. The number of piperidine rings is 1. The number of rotatable bonds is 4. The summed E-state index contributed by atoms with van der Waals surface area (Å²) in [6.45, 7) is 1.96. The summed E-state index contributed by atoms with van der Waals surface area (Å²) >= 11 is 1.92. The minimum Gasteiger partial charge on any atom is -0.478 e. The molecule has 6 heteroatoms. The van der Waals surface area contributed by atoms with Gasteiger partial charge in [0.2, 0.25) is 5.95 Å². The predicted octanol–water partition coefficient (Wildman–Crippen LogP) is 1.91. The van der Waals surface area contributed by atoms with Crippen LogP contribution in [0.5, 0.6) is 0 Å². The molecule has 0 unspecified atom stereocenters. The molecule has 0 aromatic carbocycles. The largest absolute Gasteiger partial charge is 0.478 e. The Labute approximate surface area is 116 Å². The number of carboxylic acids is 1. The van der Waals surface area contributed by atoms with Crippen LogP contribution >= 0.6 is 11.8 Å². The molecule has 19 heavy (non-hydrogen) atoms. The first-order valence-electron chi connectivity index (χ1n) is 6.20. The van der Waals surface area contributed by atoms with E-state index < -0.39 is 5.97 Å². The molecule has 1 aliphatic heterocycles. The van der Waals surface area contributed by atoms with Crippen LogP contribution < -0.4 is 4.90 Å². The van der Waals surface area contributed by atoms with Crippen molar-refractivity contribution in [3.63, 3.8) is 0 Å². The molecule has 0 atom stereocenters. The van der Waals surface area contributed by atoms with E-state index in [2.05, 4.69) is 21.1 Å². The van der Waals surface area contributed by atoms with E-state index in [4.69, 9.17) is 5.11 Å². The molecule has 1 saturated heterocycles. The minimum atomic E-state index is -0.969. The van der Waals surface area contributed by atoms with E-state index in [0.717, 1.165) is 43.2 Å². The van der Waals surface area contributed by atoms with E-state index in [1.165, 1.54) is 6.08 Å². The molecular formula is C13H17N3O2S. The van der Waals surface area contributed by atoms with Gasteiger partial charge in [0.1, 0.15) is 0 Å². The number of hydrogen-bond acceptors (Lipinski definition) is 5. The van der Waals surface area contributed by atoms with E-state index >= 15 is 0 Å². The van der Waals surface area contributed by atoms with E-state index in [0.29, 0.717) is 5.56 Å². The molecule has 102 valence electrons. The van der Waals surface area contributed by atoms with Crippen LogP contribution in [-0.2, 0) is 4.79 Å². The van der Waals surface area contributed by atoms with Crippen molar-refractivity contribution in [3.8, 4) is 0 Å². The van der Waals surface area contributed by atoms with Gasteiger partial charge < -0.3 is 10.0 Å². The number of carboxylic acid groups (broad SMARTS) is 1. The van der Waals surface area contributed by atoms with Crippen molar-refractivity contribution in [2.45, 2.75) is 18.1 Å². The molecule has 2 heterocycles. The SMILES string of the molecule is CSC1CCN(c2ncc(/C=C/C(=O)O)cn2)CC1. The molecule has 0 aliphatic carbocycles. The first kappa shape index (κ1) is 13.9. The lowest BCUT2D eigenvalue weighted by molar-refractivity contribution is -0.131. The average Bonchev–Trinajstić information content (AvgIpc) is 2.46. The van der Waals surface area contributed by atoms with Gasteiger partial charge in [-0.05, 0) is 25.2 Å². The molecule has 0 spiro atoms. The maximum Gasteiger partial charge on any atom is 0.328 e. The van der Waals surface area contributed by atoms with Gasteiger partial charge in [0.15, 0.2) is 0 Å². The number of nitrogens with zero attached hydrogens (tertiary/aromatic N) is 3. The summed E-state index contributed by atoms with van der Waals surface area (Å²) in [5, 5.41) is 9.29. The van der Waals surface area contributed by atoms with Crippen molar-refractivity contribution in [1.29, 1.82) is 0 Å². The minimum absolute atomic E-state index is 0.699. The van der Waals surface area contributed by atoms with Crippen molar-refractivity contribution in [2.75, 3.05) is 24.2 Å². The smallest absolute Gasteiger partial charge is 0.328 e. The van der Waals surface area contributed by atoms with Gasteiger partial charge in [-0.15, -0.1) is 0 Å². The Balaban J connectivity index is 1.97. The zero-order valence-corrected chi connectivity index (χ0v) is 11.6. The van der Waals surface area contributed by atoms with Crippen LogP contribution in [0.1, 0.15) is 18.4 Å². The highest BCUT2D eigenvalue weighted by Crippen LogP contribution is 2.23. The highest BCUT2D eigenvalue weighted by Gasteiger charge is 2.19. The summed E-state index contributed by atoms with van der Waals surface area (Å²) in [7, 11) is 0. The topological polar surface area (TPSA) is 66.3 Å². The summed E-state index contributed by atoms with van der Waals surface area (Å²) in [4.78, 5) is 21.2. The molecule has 0 bridgehead atoms. The van der Waals surface area contributed by atoms with Crippen LogP contribution in [0.2, 0.25) is 0 Å². The van der Waals surface area contributed by atoms with Gasteiger partial charge in [-0.3, -0.25) is 0 Å². The third-order valence-electron chi connectivity index (χ3n) is 3.13. The van der Waals surface area contributed by atoms with Crippen molar-refractivity contribution in [3.05, 3.63) is 24.0 Å². The van der Waals surface area contributed by atoms with E-state index in [9.17, 15) is 4.79 Å². The third-order valence-corrected chi connectivity index (χ3v) is 4.27. The van der Waals surface area contributed by atoms with Gasteiger partial charge in [-0.1, -0.05) is 0 Å². The summed E-state index contributed by atoms with van der Waals surface area (Å²) in [6, 6.07) is 0. The monoisotopic (exact) mass is 279 g/mol. The number of aliphatic carboxylic acids is 1. The molecule has 0 radical (unpaired) electrons. The van der Waals surface area contributed by atoms with E-state index in [1.54, 1.807) is 12.4 Å². The first-order valence-corrected chi connectivity index (χ1v) is 7.48. The van der Waals surface area contributed by atoms with Gasteiger partial charge in [-0.25, -0.2) is 14.8 Å². The summed E-state index contributed by atoms with van der Waals surface area (Å²) in [6.07, 6.45) is 10.4. The Bertz CT molecular complexity index is 453. The zero-order valence-electron chi connectivity index (χ0n) is 10.8. The van der Waals surface area contributed by atoms with Crippen molar-refractivity contribution in [1.82, 2.24) is 9.97 Å². The van der Waals surface area contributed by atoms with Crippen LogP contribution in [0.25, 0.3) is 6.08 Å². The summed E-state index contributed by atoms with van der Waals surface area (Å²) < 4.78 is 0. The van der Waals surface area contributed by atoms with Crippen LogP contribution in [0.4, 0.5) is 5.95 Å². The van der Waals surface area contributed by atoms with Crippen molar-refractivity contribution < 1.29 is 9.90 Å². The lowest BCUT2D eigenvalue weighted by Crippen LogP contribution is -2.35. The van der Waals surface area contributed by atoms with Crippen LogP contribution in [0, 0.1) is 0 Å². The lowest BCUT2D eigenvalue weighted by atomic mass is 10.1. The Morgan fingerprint density at radius 1 is 1.42 bits per heavy atom. The second-order valence-corrected chi connectivity index (χ2v) is 5.55. The van der Waals surface area contributed by atoms with Crippen LogP contribution in [0.15, 0.2) is 18.5 Å². The van der Waals surface area contributed by atoms with Crippen molar-refractivity contribution >= 4 is 29.8 Å². The Morgan fingerprint density at radius 2 is 2.05 bits per heavy atom. The normalized spacial score (nSPS) is 17.0. The highest BCUT2D eigenvalue weighted by atomic mass is 32.2. The van der Waals surface area contributed by atoms with Gasteiger partial charge in [0.05, 0.1) is 0 Å². The molecule has 1 fully saturated rings. The second kappa shape index (κ2) is 6.56. The second-order valence-electron chi connectivity index (χ2n) is 4.41. The summed E-state index contributed by atoms with van der Waals surface area (Å²) in [5.41, 5.74) is 0.699. The number of anilines is 1. The van der Waals surface area contributed by atoms with Gasteiger partial charge in [-0.2, -0.15) is 11.8 Å². The zero-order chi connectivity index (χ0) is 13.7. The Kier molecular flexibility index (Phi) is 4.79. The number of hydrogen-bond donors (Lipinski definition) is 1. The average molecular weight is 279 g/mol. The number of thioether (sulfide) groups is 1. The Hall–Kier alpha value is -1.56. The standard InChI is InChI=1S/C13H17N3O2S/c1-19-11-4-6-16(7-5-11)13-14-8-10(9-15-13)2-3-12(17)18/h2-3,8-9,11H,4-7H2,1H3,(H,17,18)/b3-2+. The fourth-order valence-electron chi connectivity index (χ4n) is 2.04. The number of carbonyl (C=O) groups is 1. The van der Waals surface area contributed by atoms with Gasteiger partial charge >= 0.3 is 5.97 Å². The third kappa shape index (κ3) is 3.96. The first-order chi connectivity index (χ1) is 9.19. The molecule has 1 aromatic rings. The summed E-state index contributed by atoms with van der Waals surface area (Å²) in [5.74, 6) is -0.241. The molecule has 5 nitrogen and oxygen atoms in total. The highest BCUT2D eigenvalue weighted by molar-refractivity contribution is 7.99. The predicted molar refractivity (Wildman–Crippen MR) is 77.5 cm³/mol. The number of aromatic nitrogens is 2. The quantitative estimate of drug-likeness (QED) is 0.849. The van der Waals surface area contributed by atoms with Crippen LogP contribution in [0.3, 0.4) is 0 Å². The molecule has 1 aliphatic rings. The molecule has 0 saturated carbocycles. The lowest BCUT2D eigenvalue weighted by Gasteiger charge is -2.31. The van der Waals surface area contributed by atoms with Gasteiger partial charge in [0, 0.05) is 42.4 Å². The van der Waals surface area contributed by atoms with Crippen LogP contribution in [-0.4, -0.2) is 45.6 Å². The van der Waals surface area contributed by atoms with E-state index in [1.807, 2.05) is 11.8 Å². The molecule has 2 rings (SSSR count). The Morgan fingerprint density at radius 3 is 2.58 bits per heavy atom. The van der Waals surface area contributed by atoms with Crippen molar-refractivity contribution in [2.24, 2.45) is 0 Å². The van der Waals surface area contributed by atoms with E-state index in [-0.39, 0.29) is 0 Å². The molecule has 0 amide bonds.